The molecule has 1 atom stereocenters. The van der Waals surface area contributed by atoms with E-state index < -0.39 is 11.4 Å². The van der Waals surface area contributed by atoms with Crippen molar-refractivity contribution in [2.75, 3.05) is 0 Å². The van der Waals surface area contributed by atoms with E-state index in [4.69, 9.17) is 5.11 Å². The van der Waals surface area contributed by atoms with Crippen molar-refractivity contribution in [1.82, 2.24) is 0 Å². The van der Waals surface area contributed by atoms with Crippen LogP contribution in [0.1, 0.15) is 32.8 Å². The average Bonchev–Trinajstić information content (AvgIpc) is 2.54. The minimum Gasteiger partial charge on any atom is -0.480 e. The third-order valence-electron chi connectivity index (χ3n) is 4.11. The molecule has 1 N–H and O–H groups in total. The number of carboxylic acids is 1. The van der Waals surface area contributed by atoms with Gasteiger partial charge in [0.1, 0.15) is 5.41 Å². The van der Waals surface area contributed by atoms with Gasteiger partial charge in [0.2, 0.25) is 0 Å². The lowest BCUT2D eigenvalue weighted by molar-refractivity contribution is -0.143. The van der Waals surface area contributed by atoms with Crippen molar-refractivity contribution in [3.8, 4) is 11.8 Å². The number of carboxylic acid groups (broad SMARTS) is 1. The van der Waals surface area contributed by atoms with E-state index in [1.165, 1.54) is 16.3 Å². The first-order valence-electron chi connectivity index (χ1n) is 8.28. The Bertz CT molecular complexity index is 798. The largest absolute Gasteiger partial charge is 0.480 e. The predicted octanol–water partition coefficient (Wildman–Crippen LogP) is 5.08. The Labute approximate surface area is 144 Å². The molecule has 1 unspecified atom stereocenters. The Kier molecular flexibility index (Phi) is 5.82. The normalized spacial score (nSPS) is 12.8. The van der Waals surface area contributed by atoms with Crippen molar-refractivity contribution in [3.05, 3.63) is 60.2 Å². The number of allylic oxidation sites excluding steroid dienone is 2. The summed E-state index contributed by atoms with van der Waals surface area (Å²) in [6.45, 7) is 5.44. The second-order valence-corrected chi connectivity index (χ2v) is 6.79. The van der Waals surface area contributed by atoms with E-state index in [0.29, 0.717) is 5.92 Å². The highest BCUT2D eigenvalue weighted by Crippen LogP contribution is 2.22. The molecule has 0 saturated carbocycles. The molecule has 2 rings (SSSR count). The van der Waals surface area contributed by atoms with E-state index in [2.05, 4.69) is 61.2 Å². The monoisotopic (exact) mass is 320 g/mol. The van der Waals surface area contributed by atoms with Gasteiger partial charge in [0.15, 0.2) is 0 Å². The average molecular weight is 320 g/mol. The molecule has 0 spiro atoms. The Balaban J connectivity index is 1.96. The second kappa shape index (κ2) is 7.84. The Morgan fingerprint density at radius 3 is 2.67 bits per heavy atom. The molecule has 2 aromatic carbocycles. The first-order chi connectivity index (χ1) is 11.4. The molecule has 0 aromatic heterocycles. The van der Waals surface area contributed by atoms with Gasteiger partial charge in [-0.2, -0.15) is 0 Å². The summed E-state index contributed by atoms with van der Waals surface area (Å²) in [5.74, 6) is 5.22. The lowest BCUT2D eigenvalue weighted by Crippen LogP contribution is -2.21. The maximum atomic E-state index is 11.0. The number of hydrogen-bond donors (Lipinski definition) is 1. The minimum atomic E-state index is -1.00. The van der Waals surface area contributed by atoms with Crippen molar-refractivity contribution in [1.29, 1.82) is 0 Å². The molecular weight excluding hydrogens is 296 g/mol. The van der Waals surface area contributed by atoms with Gasteiger partial charge >= 0.3 is 5.97 Å². The van der Waals surface area contributed by atoms with Gasteiger partial charge in [-0.25, -0.2) is 0 Å². The molecule has 0 amide bonds. The fourth-order valence-electron chi connectivity index (χ4n) is 2.56. The summed E-state index contributed by atoms with van der Waals surface area (Å²) in [6, 6.07) is 14.9. The number of fused-ring (bicyclic) bond motifs is 1. The molecular formula is C22H24O2. The Morgan fingerprint density at radius 2 is 1.92 bits per heavy atom. The van der Waals surface area contributed by atoms with Crippen LogP contribution < -0.4 is 0 Å². The van der Waals surface area contributed by atoms with Crippen LogP contribution in [-0.4, -0.2) is 11.1 Å². The highest BCUT2D eigenvalue weighted by Gasteiger charge is 2.23. The molecule has 0 aliphatic carbocycles. The maximum Gasteiger partial charge on any atom is 0.321 e. The van der Waals surface area contributed by atoms with Gasteiger partial charge < -0.3 is 5.11 Å². The van der Waals surface area contributed by atoms with Crippen LogP contribution in [0.15, 0.2) is 54.6 Å². The summed E-state index contributed by atoms with van der Waals surface area (Å²) in [5.41, 5.74) is 0.367. The zero-order valence-electron chi connectivity index (χ0n) is 14.5. The first kappa shape index (κ1) is 17.8. The van der Waals surface area contributed by atoms with E-state index in [-0.39, 0.29) is 0 Å². The molecule has 2 aromatic rings. The van der Waals surface area contributed by atoms with Crippen molar-refractivity contribution < 1.29 is 9.90 Å². The lowest BCUT2D eigenvalue weighted by Gasteiger charge is -2.11. The zero-order chi connectivity index (χ0) is 17.6. The number of rotatable bonds is 5. The Hall–Kier alpha value is -2.53. The lowest BCUT2D eigenvalue weighted by atomic mass is 9.93. The van der Waals surface area contributed by atoms with Gasteiger partial charge in [-0.15, -0.1) is 0 Å². The van der Waals surface area contributed by atoms with E-state index in [9.17, 15) is 4.79 Å². The number of aliphatic carboxylic acids is 1. The minimum absolute atomic E-state index is 0.501. The van der Waals surface area contributed by atoms with E-state index in [1.54, 1.807) is 19.9 Å². The van der Waals surface area contributed by atoms with Gasteiger partial charge in [-0.05, 0) is 55.0 Å². The van der Waals surface area contributed by atoms with E-state index in [0.717, 1.165) is 12.8 Å². The van der Waals surface area contributed by atoms with Gasteiger partial charge in [0.05, 0.1) is 0 Å². The van der Waals surface area contributed by atoms with Crippen molar-refractivity contribution >= 4 is 16.7 Å². The van der Waals surface area contributed by atoms with Gasteiger partial charge in [0, 0.05) is 0 Å². The summed E-state index contributed by atoms with van der Waals surface area (Å²) in [5, 5.41) is 11.6. The third kappa shape index (κ3) is 4.73. The SMILES string of the molecule is CC(C/C=C/C#CC(C)(C)C(=O)O)Cc1cccc2ccccc12. The smallest absolute Gasteiger partial charge is 0.321 e. The van der Waals surface area contributed by atoms with Crippen LogP contribution in [0.4, 0.5) is 0 Å². The predicted molar refractivity (Wildman–Crippen MR) is 99.8 cm³/mol. The van der Waals surface area contributed by atoms with Gasteiger partial charge in [-0.3, -0.25) is 4.79 Å². The molecule has 24 heavy (non-hydrogen) atoms. The first-order valence-corrected chi connectivity index (χ1v) is 8.28. The zero-order valence-corrected chi connectivity index (χ0v) is 14.5. The van der Waals surface area contributed by atoms with Crippen LogP contribution in [0.5, 0.6) is 0 Å². The van der Waals surface area contributed by atoms with Crippen LogP contribution in [0.2, 0.25) is 0 Å². The molecule has 2 nitrogen and oxygen atoms in total. The standard InChI is InChI=1S/C22H24O2/c1-17(10-5-4-8-15-22(2,3)21(23)24)16-19-13-9-12-18-11-6-7-14-20(18)19/h4-7,9,11-14,17H,10,16H2,1-3H3,(H,23,24)/b5-4+. The molecule has 0 bridgehead atoms. The maximum absolute atomic E-state index is 11.0. The molecule has 0 radical (unpaired) electrons. The van der Waals surface area contributed by atoms with Gasteiger partial charge in [0.25, 0.3) is 0 Å². The van der Waals surface area contributed by atoms with Crippen molar-refractivity contribution in [3.63, 3.8) is 0 Å². The van der Waals surface area contributed by atoms with Crippen LogP contribution in [0.25, 0.3) is 10.8 Å². The fraction of sp³-hybridized carbons (Fsp3) is 0.318. The number of benzene rings is 2. The quantitative estimate of drug-likeness (QED) is 0.780. The van der Waals surface area contributed by atoms with Crippen LogP contribution in [0.3, 0.4) is 0 Å². The Morgan fingerprint density at radius 1 is 1.21 bits per heavy atom. The third-order valence-corrected chi connectivity index (χ3v) is 4.11. The summed E-state index contributed by atoms with van der Waals surface area (Å²) in [6.07, 6.45) is 5.73. The summed E-state index contributed by atoms with van der Waals surface area (Å²) in [4.78, 5) is 11.0. The van der Waals surface area contributed by atoms with E-state index >= 15 is 0 Å². The molecule has 0 aliphatic heterocycles. The molecule has 0 heterocycles. The van der Waals surface area contributed by atoms with Crippen molar-refractivity contribution in [2.24, 2.45) is 11.3 Å². The van der Waals surface area contributed by atoms with E-state index in [1.807, 2.05) is 6.08 Å². The van der Waals surface area contributed by atoms with Crippen LogP contribution in [-0.2, 0) is 11.2 Å². The summed E-state index contributed by atoms with van der Waals surface area (Å²) in [7, 11) is 0. The summed E-state index contributed by atoms with van der Waals surface area (Å²) >= 11 is 0. The van der Waals surface area contributed by atoms with Crippen LogP contribution >= 0.6 is 0 Å². The topological polar surface area (TPSA) is 37.3 Å². The second-order valence-electron chi connectivity index (χ2n) is 6.79. The molecule has 0 aliphatic rings. The fourth-order valence-corrected chi connectivity index (χ4v) is 2.56. The van der Waals surface area contributed by atoms with Gasteiger partial charge in [-0.1, -0.05) is 67.3 Å². The molecule has 0 fully saturated rings. The highest BCUT2D eigenvalue weighted by molar-refractivity contribution is 5.85. The number of hydrogen-bond acceptors (Lipinski definition) is 1. The highest BCUT2D eigenvalue weighted by atomic mass is 16.4. The van der Waals surface area contributed by atoms with Crippen molar-refractivity contribution in [2.45, 2.75) is 33.6 Å². The number of carbonyl (C=O) groups is 1. The summed E-state index contributed by atoms with van der Waals surface area (Å²) < 4.78 is 0. The molecule has 0 saturated heterocycles. The molecule has 124 valence electrons. The molecule has 2 heteroatoms. The van der Waals surface area contributed by atoms with Crippen LogP contribution in [0, 0.1) is 23.2 Å².